The number of carbonyl (C=O) groups is 1. The molecule has 1 aliphatic heterocycles. The topological polar surface area (TPSA) is 97.5 Å². The smallest absolute Gasteiger partial charge is 0.231 e. The van der Waals surface area contributed by atoms with Crippen LogP contribution in [-0.2, 0) is 4.79 Å². The van der Waals surface area contributed by atoms with Crippen molar-refractivity contribution in [2.45, 2.75) is 20.3 Å². The van der Waals surface area contributed by atoms with E-state index < -0.39 is 5.41 Å². The molecule has 0 aliphatic carbocycles. The predicted octanol–water partition coefficient (Wildman–Crippen LogP) is 3.70. The Morgan fingerprint density at radius 1 is 1.19 bits per heavy atom. The Morgan fingerprint density at radius 2 is 1.97 bits per heavy atom. The molecule has 0 saturated carbocycles. The van der Waals surface area contributed by atoms with E-state index in [4.69, 9.17) is 35.4 Å². The summed E-state index contributed by atoms with van der Waals surface area (Å²) in [5.41, 5.74) is 0.926. The number of aryl methyl sites for hydroxylation is 1. The average molecular weight is 554 g/mol. The zero-order valence-corrected chi connectivity index (χ0v) is 23.4. The highest BCUT2D eigenvalue weighted by molar-refractivity contribution is 7.80. The van der Waals surface area contributed by atoms with Crippen LogP contribution in [0.5, 0.6) is 0 Å². The number of nitrogens with one attached hydrogen (secondary N) is 4. The van der Waals surface area contributed by atoms with E-state index in [1.807, 2.05) is 27.1 Å². The lowest BCUT2D eigenvalue weighted by Gasteiger charge is -2.29. The third-order valence-corrected chi connectivity index (χ3v) is 7.01. The second-order valence-corrected chi connectivity index (χ2v) is 10.5. The number of anilines is 3. The van der Waals surface area contributed by atoms with Crippen molar-refractivity contribution in [1.29, 1.82) is 0 Å². The van der Waals surface area contributed by atoms with E-state index in [9.17, 15) is 4.79 Å². The lowest BCUT2D eigenvalue weighted by molar-refractivity contribution is -0.129. The van der Waals surface area contributed by atoms with Crippen LogP contribution in [0.1, 0.15) is 19.0 Å². The fraction of sp³-hybridized carbons (Fsp3) is 0.500. The van der Waals surface area contributed by atoms with Crippen molar-refractivity contribution in [2.75, 3.05) is 69.3 Å². The zero-order chi connectivity index (χ0) is 26.3. The molecule has 3 rings (SSSR count). The van der Waals surface area contributed by atoms with Gasteiger partial charge >= 0.3 is 0 Å². The minimum Gasteiger partial charge on any atom is -0.369 e. The van der Waals surface area contributed by atoms with E-state index in [1.165, 1.54) is 0 Å². The highest BCUT2D eigenvalue weighted by atomic mass is 35.5. The van der Waals surface area contributed by atoms with E-state index in [2.05, 4.69) is 48.0 Å². The Labute approximate surface area is 228 Å². The van der Waals surface area contributed by atoms with Crippen molar-refractivity contribution >= 4 is 63.9 Å². The summed E-state index contributed by atoms with van der Waals surface area (Å²) < 4.78 is 0. The number of benzene rings is 1. The number of hydrogen-bond acceptors (Lipinski definition) is 7. The molecule has 1 saturated heterocycles. The number of thiocarbonyl (C=S) groups is 1. The van der Waals surface area contributed by atoms with Crippen LogP contribution in [0, 0.1) is 12.3 Å². The maximum atomic E-state index is 13.2. The van der Waals surface area contributed by atoms with Gasteiger partial charge in [-0.3, -0.25) is 4.79 Å². The van der Waals surface area contributed by atoms with E-state index >= 15 is 0 Å². The summed E-state index contributed by atoms with van der Waals surface area (Å²) in [5.74, 6) is 1.04. The van der Waals surface area contributed by atoms with Crippen molar-refractivity contribution in [3.05, 3.63) is 40.0 Å². The predicted molar refractivity (Wildman–Crippen MR) is 152 cm³/mol. The minimum atomic E-state index is -0.528. The van der Waals surface area contributed by atoms with Gasteiger partial charge in [-0.25, -0.2) is 4.98 Å². The van der Waals surface area contributed by atoms with Crippen LogP contribution in [0.25, 0.3) is 0 Å². The molecule has 2 aromatic rings. The summed E-state index contributed by atoms with van der Waals surface area (Å²) in [6.07, 6.45) is 0.786. The number of nitrogens with zero attached hydrogens (tertiary/aromatic N) is 4. The molecule has 2 heterocycles. The molecular weight excluding hydrogens is 519 g/mol. The molecule has 1 amide bonds. The largest absolute Gasteiger partial charge is 0.369 e. The first-order chi connectivity index (χ1) is 17.1. The number of likely N-dealkylation sites (N-methyl/N-ethyl adjacent to an activating group) is 1. The van der Waals surface area contributed by atoms with Crippen LogP contribution < -0.4 is 21.3 Å². The second-order valence-electron chi connectivity index (χ2n) is 9.24. The van der Waals surface area contributed by atoms with Crippen LogP contribution in [0.2, 0.25) is 10.0 Å². The molecule has 1 unspecified atom stereocenters. The van der Waals surface area contributed by atoms with Gasteiger partial charge in [0.1, 0.15) is 5.82 Å². The highest BCUT2D eigenvalue weighted by Crippen LogP contribution is 2.31. The molecule has 196 valence electrons. The number of rotatable bonds is 10. The summed E-state index contributed by atoms with van der Waals surface area (Å²) in [6.45, 7) is 8.39. The Morgan fingerprint density at radius 3 is 2.64 bits per heavy atom. The van der Waals surface area contributed by atoms with Gasteiger partial charge in [-0.1, -0.05) is 30.1 Å². The first-order valence-electron chi connectivity index (χ1n) is 11.9. The van der Waals surface area contributed by atoms with Crippen molar-refractivity contribution in [3.63, 3.8) is 0 Å². The molecular formula is C24H34Cl2N8OS. The first-order valence-corrected chi connectivity index (χ1v) is 13.0. The van der Waals surface area contributed by atoms with Crippen molar-refractivity contribution in [3.8, 4) is 0 Å². The first kappa shape index (κ1) is 28.3. The molecule has 1 aliphatic rings. The number of aromatic nitrogens is 2. The van der Waals surface area contributed by atoms with Crippen LogP contribution in [0.4, 0.5) is 17.5 Å². The van der Waals surface area contributed by atoms with E-state index in [-0.39, 0.29) is 5.91 Å². The zero-order valence-electron chi connectivity index (χ0n) is 21.1. The van der Waals surface area contributed by atoms with Gasteiger partial charge in [0.15, 0.2) is 5.11 Å². The van der Waals surface area contributed by atoms with Crippen LogP contribution in [0.3, 0.4) is 0 Å². The molecule has 1 aromatic heterocycles. The quantitative estimate of drug-likeness (QED) is 0.329. The number of likely N-dealkylation sites (tertiary alicyclic amines) is 1. The Balaban J connectivity index is 1.66. The number of hydrogen-bond donors (Lipinski definition) is 4. The van der Waals surface area contributed by atoms with Gasteiger partial charge in [-0.15, -0.1) is 0 Å². The maximum absolute atomic E-state index is 13.2. The molecule has 9 nitrogen and oxygen atoms in total. The van der Waals surface area contributed by atoms with E-state index in [0.29, 0.717) is 52.2 Å². The highest BCUT2D eigenvalue weighted by Gasteiger charge is 2.44. The van der Waals surface area contributed by atoms with Crippen LogP contribution in [0.15, 0.2) is 24.3 Å². The second kappa shape index (κ2) is 12.8. The third-order valence-electron chi connectivity index (χ3n) is 6.07. The van der Waals surface area contributed by atoms with Gasteiger partial charge < -0.3 is 31.1 Å². The summed E-state index contributed by atoms with van der Waals surface area (Å²) in [5, 5.41) is 13.8. The fourth-order valence-corrected chi connectivity index (χ4v) is 4.54. The summed E-state index contributed by atoms with van der Waals surface area (Å²) >= 11 is 17.5. The van der Waals surface area contributed by atoms with Gasteiger partial charge in [0, 0.05) is 43.6 Å². The van der Waals surface area contributed by atoms with Gasteiger partial charge in [-0.2, -0.15) is 4.98 Å². The summed E-state index contributed by atoms with van der Waals surface area (Å²) in [6, 6.07) is 7.00. The molecule has 4 N–H and O–H groups in total. The SMILES string of the molecule is CCN1CCC(CNc2cc(C)nc(NC(=S)Nc3ccc(Cl)c(Cl)c3)n2)(C(=O)NCCN(C)C)C1. The molecule has 1 aromatic carbocycles. The Hall–Kier alpha value is -2.24. The fourth-order valence-electron chi connectivity index (χ4n) is 4.03. The van der Waals surface area contributed by atoms with Gasteiger partial charge in [0.05, 0.1) is 15.5 Å². The van der Waals surface area contributed by atoms with E-state index in [1.54, 1.807) is 18.2 Å². The molecule has 12 heteroatoms. The summed E-state index contributed by atoms with van der Waals surface area (Å²) in [7, 11) is 3.99. The Bertz CT molecular complexity index is 1090. The number of carbonyl (C=O) groups excluding carboxylic acids is 1. The molecule has 1 atom stereocenters. The van der Waals surface area contributed by atoms with Gasteiger partial charge in [0.2, 0.25) is 11.9 Å². The van der Waals surface area contributed by atoms with Gasteiger partial charge in [-0.05, 0) is 70.9 Å². The lowest BCUT2D eigenvalue weighted by Crippen LogP contribution is -2.48. The van der Waals surface area contributed by atoms with Gasteiger partial charge in [0.25, 0.3) is 0 Å². The molecule has 1 fully saturated rings. The van der Waals surface area contributed by atoms with Crippen LogP contribution in [-0.4, -0.2) is 84.2 Å². The molecule has 36 heavy (non-hydrogen) atoms. The molecule has 0 spiro atoms. The normalized spacial score (nSPS) is 17.8. The number of halogens is 2. The lowest BCUT2D eigenvalue weighted by atomic mass is 9.85. The average Bonchev–Trinajstić information content (AvgIpc) is 3.24. The standard InChI is InChI=1S/C24H34Cl2N8OS/c1-5-34-10-8-24(15-34,21(35)27-9-11-33(3)4)14-28-20-12-16(2)29-22(31-20)32-23(36)30-17-6-7-18(25)19(26)13-17/h6-7,12-13H,5,8-11,14-15H2,1-4H3,(H,27,35)(H3,28,29,30,31,32,36). The summed E-state index contributed by atoms with van der Waals surface area (Å²) in [4.78, 5) is 26.6. The Kier molecular flexibility index (Phi) is 10.1. The molecule has 0 radical (unpaired) electrons. The number of amides is 1. The minimum absolute atomic E-state index is 0.0731. The third kappa shape index (κ3) is 7.88. The van der Waals surface area contributed by atoms with Crippen LogP contribution >= 0.6 is 35.4 Å². The maximum Gasteiger partial charge on any atom is 0.231 e. The molecule has 0 bridgehead atoms. The van der Waals surface area contributed by atoms with E-state index in [0.717, 1.165) is 31.7 Å². The van der Waals surface area contributed by atoms with Crippen molar-refractivity contribution in [2.24, 2.45) is 5.41 Å². The van der Waals surface area contributed by atoms with Crippen molar-refractivity contribution in [1.82, 2.24) is 25.1 Å². The monoisotopic (exact) mass is 552 g/mol. The van der Waals surface area contributed by atoms with Crippen molar-refractivity contribution < 1.29 is 4.79 Å².